The van der Waals surface area contributed by atoms with Crippen molar-refractivity contribution in [3.63, 3.8) is 0 Å². The number of hydrogen-bond acceptors (Lipinski definition) is 1. The van der Waals surface area contributed by atoms with Crippen molar-refractivity contribution in [2.75, 3.05) is 6.54 Å². The molecule has 0 saturated heterocycles. The minimum Gasteiger partial charge on any atom is -0.363 e. The Bertz CT molecular complexity index is 252. The maximum absolute atomic E-state index is 6.30. The lowest BCUT2D eigenvalue weighted by Gasteiger charge is -2.36. The number of thiocarbonyl (C=S) groups is 1. The molecule has 0 aromatic rings. The molecule has 1 aliphatic rings. The summed E-state index contributed by atoms with van der Waals surface area (Å²) in [6, 6.07) is 0.591. The van der Waals surface area contributed by atoms with Gasteiger partial charge in [-0.2, -0.15) is 0 Å². The van der Waals surface area contributed by atoms with Crippen molar-refractivity contribution < 1.29 is 0 Å². The molecule has 0 heterocycles. The van der Waals surface area contributed by atoms with Gasteiger partial charge in [-0.1, -0.05) is 50.6 Å². The highest BCUT2D eigenvalue weighted by Crippen LogP contribution is 2.41. The highest BCUT2D eigenvalue weighted by molar-refractivity contribution is 7.80. The van der Waals surface area contributed by atoms with Crippen molar-refractivity contribution in [3.05, 3.63) is 0 Å². The van der Waals surface area contributed by atoms with Crippen LogP contribution in [0.15, 0.2) is 0 Å². The summed E-state index contributed by atoms with van der Waals surface area (Å²) in [4.78, 5) is 3.40. The highest BCUT2D eigenvalue weighted by atomic mass is 32.1. The van der Waals surface area contributed by atoms with Crippen LogP contribution >= 0.6 is 12.2 Å². The summed E-state index contributed by atoms with van der Waals surface area (Å²) in [5.41, 5.74) is 0. The van der Waals surface area contributed by atoms with Gasteiger partial charge in [0.15, 0.2) is 0 Å². The van der Waals surface area contributed by atoms with E-state index in [4.69, 9.17) is 20.1 Å². The van der Waals surface area contributed by atoms with E-state index in [2.05, 4.69) is 25.7 Å². The summed E-state index contributed by atoms with van der Waals surface area (Å²) in [6.45, 7) is 9.76. The summed E-state index contributed by atoms with van der Waals surface area (Å²) in [7, 11) is 6.30. The predicted octanol–water partition coefficient (Wildman–Crippen LogP) is 3.58. The average molecular weight is 237 g/mol. The van der Waals surface area contributed by atoms with Gasteiger partial charge in [0.1, 0.15) is 0 Å². The molecule has 2 radical (unpaired) electrons. The highest BCUT2D eigenvalue weighted by Gasteiger charge is 2.32. The van der Waals surface area contributed by atoms with Crippen LogP contribution in [0.1, 0.15) is 53.4 Å². The zero-order valence-corrected chi connectivity index (χ0v) is 11.9. The molecule has 90 valence electrons. The molecular weight excluding hydrogens is 213 g/mol. The Labute approximate surface area is 107 Å². The normalized spacial score (nSPS) is 35.5. The van der Waals surface area contributed by atoms with Crippen LogP contribution in [0.3, 0.4) is 0 Å². The van der Waals surface area contributed by atoms with E-state index in [1.165, 1.54) is 12.8 Å². The van der Waals surface area contributed by atoms with E-state index in [-0.39, 0.29) is 5.31 Å². The maximum Gasteiger partial charge on any atom is 0.0750 e. The van der Waals surface area contributed by atoms with Gasteiger partial charge in [0, 0.05) is 12.6 Å². The van der Waals surface area contributed by atoms with Crippen molar-refractivity contribution in [1.29, 1.82) is 0 Å². The van der Waals surface area contributed by atoms with Gasteiger partial charge in [0.25, 0.3) is 0 Å². The fourth-order valence-electron chi connectivity index (χ4n) is 3.13. The van der Waals surface area contributed by atoms with Gasteiger partial charge >= 0.3 is 0 Å². The first-order valence-corrected chi connectivity index (χ1v) is 6.84. The molecule has 1 rings (SSSR count). The van der Waals surface area contributed by atoms with Gasteiger partial charge in [-0.05, 0) is 26.2 Å². The number of rotatable bonds is 2. The van der Waals surface area contributed by atoms with Crippen molar-refractivity contribution in [1.82, 2.24) is 4.90 Å². The molecule has 0 aliphatic heterocycles. The fourth-order valence-corrected chi connectivity index (χ4v) is 3.39. The van der Waals surface area contributed by atoms with Crippen molar-refractivity contribution in [2.24, 2.45) is 5.92 Å². The van der Waals surface area contributed by atoms with E-state index in [9.17, 15) is 0 Å². The van der Waals surface area contributed by atoms with Crippen LogP contribution in [-0.4, -0.2) is 30.3 Å². The van der Waals surface area contributed by atoms with Crippen LogP contribution in [0.5, 0.6) is 0 Å². The largest absolute Gasteiger partial charge is 0.363 e. The standard InChI is InChI=1S/C13H24BNS/c1-5-15(11(3)16)12-7-6-8-13(4,14)9-10(12)2/h10,12H,5-9H2,1-4H3. The third kappa shape index (κ3) is 3.48. The molecule has 3 heteroatoms. The lowest BCUT2D eigenvalue weighted by molar-refractivity contribution is 0.230. The topological polar surface area (TPSA) is 3.24 Å². The van der Waals surface area contributed by atoms with E-state index in [0.29, 0.717) is 12.0 Å². The Balaban J connectivity index is 2.76. The molecule has 0 amide bonds. The van der Waals surface area contributed by atoms with Gasteiger partial charge in [-0.25, -0.2) is 0 Å². The summed E-state index contributed by atoms with van der Waals surface area (Å²) in [5.74, 6) is 0.635. The second-order valence-corrected chi connectivity index (χ2v) is 6.19. The molecule has 3 unspecified atom stereocenters. The van der Waals surface area contributed by atoms with E-state index >= 15 is 0 Å². The quantitative estimate of drug-likeness (QED) is 0.410. The van der Waals surface area contributed by atoms with Gasteiger partial charge in [0.05, 0.1) is 12.8 Å². The minimum absolute atomic E-state index is 0.0168. The summed E-state index contributed by atoms with van der Waals surface area (Å²) in [6.07, 6.45) is 4.70. The molecule has 1 fully saturated rings. The molecule has 1 nitrogen and oxygen atoms in total. The molecule has 3 atom stereocenters. The van der Waals surface area contributed by atoms with Gasteiger partial charge in [-0.15, -0.1) is 0 Å². The Morgan fingerprint density at radius 1 is 1.56 bits per heavy atom. The second-order valence-electron chi connectivity index (χ2n) is 5.60. The van der Waals surface area contributed by atoms with Crippen LogP contribution in [0, 0.1) is 5.92 Å². The third-order valence-corrected chi connectivity index (χ3v) is 4.07. The van der Waals surface area contributed by atoms with Gasteiger partial charge in [0.2, 0.25) is 0 Å². The monoisotopic (exact) mass is 237 g/mol. The Morgan fingerprint density at radius 3 is 2.69 bits per heavy atom. The minimum atomic E-state index is 0.0168. The molecular formula is C13H24BNS. The van der Waals surface area contributed by atoms with Crippen molar-refractivity contribution >= 4 is 25.1 Å². The van der Waals surface area contributed by atoms with Crippen molar-refractivity contribution in [2.45, 2.75) is 64.7 Å². The first-order chi connectivity index (χ1) is 7.37. The maximum atomic E-state index is 6.30. The van der Waals surface area contributed by atoms with Crippen LogP contribution in [0.25, 0.3) is 0 Å². The molecule has 0 aromatic heterocycles. The van der Waals surface area contributed by atoms with E-state index in [0.717, 1.165) is 24.4 Å². The van der Waals surface area contributed by atoms with Gasteiger partial charge < -0.3 is 4.90 Å². The number of hydrogen-bond donors (Lipinski definition) is 0. The van der Waals surface area contributed by atoms with Gasteiger partial charge in [-0.3, -0.25) is 0 Å². The zero-order chi connectivity index (χ0) is 12.3. The number of nitrogens with zero attached hydrogens (tertiary/aromatic N) is 1. The predicted molar refractivity (Wildman–Crippen MR) is 76.2 cm³/mol. The molecule has 1 saturated carbocycles. The summed E-state index contributed by atoms with van der Waals surface area (Å²) in [5, 5.41) is 0.0168. The van der Waals surface area contributed by atoms with Crippen LogP contribution in [0.4, 0.5) is 0 Å². The Kier molecular flexibility index (Phi) is 4.84. The first-order valence-electron chi connectivity index (χ1n) is 6.43. The lowest BCUT2D eigenvalue weighted by atomic mass is 9.64. The third-order valence-electron chi connectivity index (χ3n) is 3.84. The second kappa shape index (κ2) is 5.53. The SMILES string of the molecule is [B]C1(C)CCCC(N(CC)C(C)=S)C(C)C1. The zero-order valence-electron chi connectivity index (χ0n) is 11.1. The fraction of sp³-hybridized carbons (Fsp3) is 0.923. The first kappa shape index (κ1) is 14.0. The van der Waals surface area contributed by atoms with E-state index in [1.54, 1.807) is 0 Å². The van der Waals surface area contributed by atoms with E-state index < -0.39 is 0 Å². The average Bonchev–Trinajstić information content (AvgIpc) is 2.26. The summed E-state index contributed by atoms with van der Waals surface area (Å²) >= 11 is 5.35. The Morgan fingerprint density at radius 2 is 2.19 bits per heavy atom. The summed E-state index contributed by atoms with van der Waals surface area (Å²) < 4.78 is 0. The molecule has 0 N–H and O–H groups in total. The smallest absolute Gasteiger partial charge is 0.0750 e. The lowest BCUT2D eigenvalue weighted by Crippen LogP contribution is -2.41. The molecule has 0 aromatic carbocycles. The molecule has 1 aliphatic carbocycles. The Hall–Kier alpha value is -0.0451. The van der Waals surface area contributed by atoms with Crippen molar-refractivity contribution in [3.8, 4) is 0 Å². The molecule has 0 spiro atoms. The van der Waals surface area contributed by atoms with Crippen LogP contribution < -0.4 is 0 Å². The molecule has 0 bridgehead atoms. The van der Waals surface area contributed by atoms with E-state index in [1.807, 2.05) is 6.92 Å². The van der Waals surface area contributed by atoms with Crippen LogP contribution in [-0.2, 0) is 0 Å². The van der Waals surface area contributed by atoms with Crippen LogP contribution in [0.2, 0.25) is 5.31 Å². The molecule has 16 heavy (non-hydrogen) atoms.